The lowest BCUT2D eigenvalue weighted by Crippen LogP contribution is -2.34. The minimum atomic E-state index is -0.591. The quantitative estimate of drug-likeness (QED) is 0.763. The summed E-state index contributed by atoms with van der Waals surface area (Å²) in [7, 11) is 3.93. The van der Waals surface area contributed by atoms with E-state index in [1.165, 1.54) is 0 Å². The number of hydrogen-bond donors (Lipinski definition) is 2. The molecule has 3 N–H and O–H groups in total. The Morgan fingerprint density at radius 1 is 1.08 bits per heavy atom. The molecule has 0 fully saturated rings. The molecule has 0 aliphatic rings. The Labute approximate surface area is 147 Å². The van der Waals surface area contributed by atoms with Crippen molar-refractivity contribution in [1.82, 2.24) is 10.2 Å². The number of ether oxygens (including phenoxy) is 1. The smallest absolute Gasteiger partial charge is 0.255 e. The van der Waals surface area contributed by atoms with Crippen LogP contribution in [-0.4, -0.2) is 44.0 Å². The zero-order valence-corrected chi connectivity index (χ0v) is 14.4. The van der Waals surface area contributed by atoms with E-state index < -0.39 is 5.91 Å². The minimum Gasteiger partial charge on any atom is -0.483 e. The SMILES string of the molecule is CN(C)C(CNC(=O)c1ccccc1OCC(N)=O)c1ccccc1. The van der Waals surface area contributed by atoms with Crippen LogP contribution in [0.2, 0.25) is 0 Å². The lowest BCUT2D eigenvalue weighted by atomic mass is 10.1. The van der Waals surface area contributed by atoms with Crippen LogP contribution in [0.3, 0.4) is 0 Å². The van der Waals surface area contributed by atoms with Crippen LogP contribution in [0.5, 0.6) is 5.75 Å². The summed E-state index contributed by atoms with van der Waals surface area (Å²) in [5.41, 5.74) is 6.58. The molecular formula is C19H23N3O3. The molecule has 6 heteroatoms. The molecule has 0 saturated carbocycles. The molecule has 2 aromatic rings. The Bertz CT molecular complexity index is 717. The fourth-order valence-electron chi connectivity index (χ4n) is 2.49. The molecule has 0 radical (unpaired) electrons. The highest BCUT2D eigenvalue weighted by Crippen LogP contribution is 2.20. The Kier molecular flexibility index (Phi) is 6.54. The molecule has 2 rings (SSSR count). The standard InChI is InChI=1S/C19H23N3O3/c1-22(2)16(14-8-4-3-5-9-14)12-21-19(24)15-10-6-7-11-17(15)25-13-18(20)23/h3-11,16H,12-13H2,1-2H3,(H2,20,23)(H,21,24). The fourth-order valence-corrected chi connectivity index (χ4v) is 2.49. The number of primary amides is 1. The largest absolute Gasteiger partial charge is 0.483 e. The van der Waals surface area contributed by atoms with Gasteiger partial charge in [0.2, 0.25) is 0 Å². The molecule has 6 nitrogen and oxygen atoms in total. The van der Waals surface area contributed by atoms with Crippen LogP contribution >= 0.6 is 0 Å². The second-order valence-electron chi connectivity index (χ2n) is 5.85. The van der Waals surface area contributed by atoms with Gasteiger partial charge in [0.15, 0.2) is 6.61 Å². The van der Waals surface area contributed by atoms with Crippen molar-refractivity contribution in [3.63, 3.8) is 0 Å². The molecular weight excluding hydrogens is 318 g/mol. The van der Waals surface area contributed by atoms with Crippen molar-refractivity contribution < 1.29 is 14.3 Å². The second-order valence-corrected chi connectivity index (χ2v) is 5.85. The first-order valence-corrected chi connectivity index (χ1v) is 7.98. The van der Waals surface area contributed by atoms with Gasteiger partial charge in [-0.2, -0.15) is 0 Å². The maximum atomic E-state index is 12.5. The van der Waals surface area contributed by atoms with Crippen LogP contribution in [0.25, 0.3) is 0 Å². The van der Waals surface area contributed by atoms with Crippen LogP contribution in [0.15, 0.2) is 54.6 Å². The summed E-state index contributed by atoms with van der Waals surface area (Å²) in [6.07, 6.45) is 0. The van der Waals surface area contributed by atoms with Crippen molar-refractivity contribution in [3.8, 4) is 5.75 Å². The maximum absolute atomic E-state index is 12.5. The van der Waals surface area contributed by atoms with E-state index in [2.05, 4.69) is 5.32 Å². The molecule has 0 aliphatic carbocycles. The van der Waals surface area contributed by atoms with Gasteiger partial charge in [0, 0.05) is 6.54 Å². The number of nitrogens with two attached hydrogens (primary N) is 1. The molecule has 0 spiro atoms. The third-order valence-corrected chi connectivity index (χ3v) is 3.77. The molecule has 0 aliphatic heterocycles. The summed E-state index contributed by atoms with van der Waals surface area (Å²) in [6, 6.07) is 16.8. The molecule has 1 unspecified atom stereocenters. The molecule has 2 amide bonds. The number of amides is 2. The van der Waals surface area contributed by atoms with Gasteiger partial charge in [-0.15, -0.1) is 0 Å². The van der Waals surface area contributed by atoms with Crippen LogP contribution in [0.4, 0.5) is 0 Å². The van der Waals surface area contributed by atoms with Gasteiger partial charge in [-0.1, -0.05) is 42.5 Å². The number of benzene rings is 2. The molecule has 1 atom stereocenters. The summed E-state index contributed by atoms with van der Waals surface area (Å²) in [6.45, 7) is 0.175. The fraction of sp³-hybridized carbons (Fsp3) is 0.263. The number of para-hydroxylation sites is 1. The molecule has 0 bridgehead atoms. The van der Waals surface area contributed by atoms with Gasteiger partial charge in [0.25, 0.3) is 11.8 Å². The average Bonchev–Trinajstić information content (AvgIpc) is 2.61. The summed E-state index contributed by atoms with van der Waals surface area (Å²) < 4.78 is 5.31. The Morgan fingerprint density at radius 3 is 2.36 bits per heavy atom. The maximum Gasteiger partial charge on any atom is 0.255 e. The van der Waals surface area contributed by atoms with Crippen molar-refractivity contribution in [2.24, 2.45) is 5.73 Å². The summed E-state index contributed by atoms with van der Waals surface area (Å²) >= 11 is 0. The van der Waals surface area contributed by atoms with E-state index in [1.54, 1.807) is 24.3 Å². The Hall–Kier alpha value is -2.86. The van der Waals surface area contributed by atoms with Gasteiger partial charge in [0.05, 0.1) is 11.6 Å². The predicted molar refractivity (Wildman–Crippen MR) is 96.3 cm³/mol. The summed E-state index contributed by atoms with van der Waals surface area (Å²) in [5, 5.41) is 2.93. The molecule has 0 saturated heterocycles. The van der Waals surface area contributed by atoms with Crippen molar-refractivity contribution in [2.75, 3.05) is 27.2 Å². The van der Waals surface area contributed by atoms with E-state index in [0.717, 1.165) is 5.56 Å². The number of carbonyl (C=O) groups is 2. The van der Waals surface area contributed by atoms with Crippen LogP contribution in [-0.2, 0) is 4.79 Å². The predicted octanol–water partition coefficient (Wildman–Crippen LogP) is 1.58. The van der Waals surface area contributed by atoms with E-state index in [4.69, 9.17) is 10.5 Å². The molecule has 25 heavy (non-hydrogen) atoms. The highest BCUT2D eigenvalue weighted by atomic mass is 16.5. The number of carbonyl (C=O) groups excluding carboxylic acids is 2. The number of hydrogen-bond acceptors (Lipinski definition) is 4. The van der Waals surface area contributed by atoms with Gasteiger partial charge in [-0.3, -0.25) is 9.59 Å². The molecule has 0 aromatic heterocycles. The van der Waals surface area contributed by atoms with Crippen molar-refractivity contribution in [3.05, 3.63) is 65.7 Å². The third-order valence-electron chi connectivity index (χ3n) is 3.77. The first kappa shape index (κ1) is 18.5. The zero-order chi connectivity index (χ0) is 18.2. The first-order valence-electron chi connectivity index (χ1n) is 7.98. The number of likely N-dealkylation sites (N-methyl/N-ethyl adjacent to an activating group) is 1. The van der Waals surface area contributed by atoms with Crippen LogP contribution < -0.4 is 15.8 Å². The Balaban J connectivity index is 2.07. The zero-order valence-electron chi connectivity index (χ0n) is 14.4. The van der Waals surface area contributed by atoms with E-state index in [9.17, 15) is 9.59 Å². The third kappa shape index (κ3) is 5.32. The van der Waals surface area contributed by atoms with Gasteiger partial charge >= 0.3 is 0 Å². The normalized spacial score (nSPS) is 11.8. The monoisotopic (exact) mass is 341 g/mol. The number of nitrogens with zero attached hydrogens (tertiary/aromatic N) is 1. The highest BCUT2D eigenvalue weighted by molar-refractivity contribution is 5.97. The van der Waals surface area contributed by atoms with E-state index in [0.29, 0.717) is 17.9 Å². The first-order chi connectivity index (χ1) is 12.0. The van der Waals surface area contributed by atoms with E-state index >= 15 is 0 Å². The van der Waals surface area contributed by atoms with Crippen molar-refractivity contribution in [2.45, 2.75) is 6.04 Å². The second kappa shape index (κ2) is 8.84. The summed E-state index contributed by atoms with van der Waals surface area (Å²) in [4.78, 5) is 25.5. The van der Waals surface area contributed by atoms with Crippen LogP contribution in [0.1, 0.15) is 22.0 Å². The molecule has 2 aromatic carbocycles. The van der Waals surface area contributed by atoms with Gasteiger partial charge < -0.3 is 20.7 Å². The van der Waals surface area contributed by atoms with Gasteiger partial charge in [0.1, 0.15) is 5.75 Å². The lowest BCUT2D eigenvalue weighted by molar-refractivity contribution is -0.119. The minimum absolute atomic E-state index is 0.0452. The van der Waals surface area contributed by atoms with Crippen molar-refractivity contribution >= 4 is 11.8 Å². The van der Waals surface area contributed by atoms with Gasteiger partial charge in [-0.05, 0) is 31.8 Å². The van der Waals surface area contributed by atoms with E-state index in [1.807, 2.05) is 49.3 Å². The van der Waals surface area contributed by atoms with Crippen molar-refractivity contribution in [1.29, 1.82) is 0 Å². The van der Waals surface area contributed by atoms with Crippen LogP contribution in [0, 0.1) is 0 Å². The molecule has 132 valence electrons. The summed E-state index contributed by atoms with van der Waals surface area (Å²) in [5.74, 6) is -0.519. The average molecular weight is 341 g/mol. The highest BCUT2D eigenvalue weighted by Gasteiger charge is 2.17. The van der Waals surface area contributed by atoms with Gasteiger partial charge in [-0.25, -0.2) is 0 Å². The topological polar surface area (TPSA) is 84.7 Å². The molecule has 0 heterocycles. The number of rotatable bonds is 8. The Morgan fingerprint density at radius 2 is 1.72 bits per heavy atom. The number of nitrogens with one attached hydrogen (secondary N) is 1. The van der Waals surface area contributed by atoms with E-state index in [-0.39, 0.29) is 18.6 Å². The lowest BCUT2D eigenvalue weighted by Gasteiger charge is -2.25.